The minimum Gasteiger partial charge on any atom is -0.459 e. The van der Waals surface area contributed by atoms with E-state index in [0.717, 1.165) is 19.3 Å². The summed E-state index contributed by atoms with van der Waals surface area (Å²) in [6.07, 6.45) is 9.29. The van der Waals surface area contributed by atoms with Crippen molar-refractivity contribution in [3.8, 4) is 0 Å². The van der Waals surface area contributed by atoms with E-state index in [9.17, 15) is 4.79 Å². The number of unbranched alkanes of at least 4 members (excludes halogenated alkanes) is 1. The van der Waals surface area contributed by atoms with Crippen molar-refractivity contribution >= 4 is 5.97 Å². The first-order valence-electron chi connectivity index (χ1n) is 6.82. The third kappa shape index (κ3) is 3.80. The predicted molar refractivity (Wildman–Crippen MR) is 66.3 cm³/mol. The summed E-state index contributed by atoms with van der Waals surface area (Å²) in [5.41, 5.74) is -0.115. The van der Waals surface area contributed by atoms with E-state index in [1.54, 1.807) is 0 Å². The molecule has 1 aliphatic rings. The van der Waals surface area contributed by atoms with Crippen LogP contribution in [0.2, 0.25) is 0 Å². The van der Waals surface area contributed by atoms with Gasteiger partial charge in [0.25, 0.3) is 0 Å². The van der Waals surface area contributed by atoms with E-state index in [1.807, 2.05) is 13.8 Å². The van der Waals surface area contributed by atoms with E-state index in [-0.39, 0.29) is 17.5 Å². The molecule has 2 heteroatoms. The predicted octanol–water partition coefficient (Wildman–Crippen LogP) is 4.08. The van der Waals surface area contributed by atoms with Crippen molar-refractivity contribution in [2.45, 2.75) is 77.7 Å². The molecule has 0 aliphatic heterocycles. The summed E-state index contributed by atoms with van der Waals surface area (Å²) in [5, 5.41) is 0. The molecule has 0 radical (unpaired) electrons. The molecule has 0 aromatic rings. The molecule has 0 spiro atoms. The van der Waals surface area contributed by atoms with Crippen molar-refractivity contribution < 1.29 is 9.53 Å². The first-order valence-corrected chi connectivity index (χ1v) is 6.82. The largest absolute Gasteiger partial charge is 0.459 e. The van der Waals surface area contributed by atoms with Gasteiger partial charge in [-0.3, -0.25) is 4.79 Å². The van der Waals surface area contributed by atoms with E-state index >= 15 is 0 Å². The van der Waals surface area contributed by atoms with Crippen molar-refractivity contribution in [3.63, 3.8) is 0 Å². The molecule has 0 bridgehead atoms. The van der Waals surface area contributed by atoms with Crippen molar-refractivity contribution in [3.05, 3.63) is 0 Å². The van der Waals surface area contributed by atoms with E-state index < -0.39 is 0 Å². The number of rotatable bonds is 5. The fraction of sp³-hybridized carbons (Fsp3) is 0.929. The first-order chi connectivity index (χ1) is 7.59. The molecule has 1 fully saturated rings. The molecule has 0 amide bonds. The van der Waals surface area contributed by atoms with Gasteiger partial charge in [0.1, 0.15) is 5.60 Å². The van der Waals surface area contributed by atoms with Crippen LogP contribution in [0.1, 0.15) is 72.1 Å². The van der Waals surface area contributed by atoms with Crippen molar-refractivity contribution in [1.29, 1.82) is 0 Å². The minimum absolute atomic E-state index is 0.000396. The third-order valence-corrected chi connectivity index (χ3v) is 3.54. The van der Waals surface area contributed by atoms with E-state index in [2.05, 4.69) is 6.92 Å². The average molecular weight is 226 g/mol. The van der Waals surface area contributed by atoms with Gasteiger partial charge in [0.15, 0.2) is 0 Å². The molecule has 0 aromatic heterocycles. The molecule has 0 aromatic carbocycles. The van der Waals surface area contributed by atoms with Gasteiger partial charge < -0.3 is 4.74 Å². The Bertz CT molecular complexity index is 215. The zero-order valence-electron chi connectivity index (χ0n) is 11.1. The van der Waals surface area contributed by atoms with Crippen molar-refractivity contribution in [1.82, 2.24) is 0 Å². The zero-order chi connectivity index (χ0) is 12.0. The lowest BCUT2D eigenvalue weighted by atomic mass is 9.81. The van der Waals surface area contributed by atoms with Gasteiger partial charge in [-0.1, -0.05) is 33.6 Å². The SMILES string of the molecule is CCCCC1(OC(=O)C(C)C)CCCCC1. The highest BCUT2D eigenvalue weighted by atomic mass is 16.6. The second-order valence-corrected chi connectivity index (χ2v) is 5.42. The summed E-state index contributed by atoms with van der Waals surface area (Å²) in [5.74, 6) is -0.0153. The van der Waals surface area contributed by atoms with E-state index in [0.29, 0.717) is 0 Å². The molecule has 0 unspecified atom stereocenters. The maximum Gasteiger partial charge on any atom is 0.308 e. The second-order valence-electron chi connectivity index (χ2n) is 5.42. The van der Waals surface area contributed by atoms with Crippen LogP contribution in [0.3, 0.4) is 0 Å². The Hall–Kier alpha value is -0.530. The lowest BCUT2D eigenvalue weighted by Gasteiger charge is -2.37. The van der Waals surface area contributed by atoms with Crippen LogP contribution in [0, 0.1) is 5.92 Å². The van der Waals surface area contributed by atoms with Crippen LogP contribution < -0.4 is 0 Å². The van der Waals surface area contributed by atoms with Crippen LogP contribution in [0.4, 0.5) is 0 Å². The Labute approximate surface area is 99.8 Å². The zero-order valence-corrected chi connectivity index (χ0v) is 11.1. The fourth-order valence-corrected chi connectivity index (χ4v) is 2.43. The number of carbonyl (C=O) groups excluding carboxylic acids is 1. The van der Waals surface area contributed by atoms with Crippen LogP contribution in [0.15, 0.2) is 0 Å². The number of hydrogen-bond donors (Lipinski definition) is 0. The smallest absolute Gasteiger partial charge is 0.308 e. The van der Waals surface area contributed by atoms with Crippen LogP contribution in [0.5, 0.6) is 0 Å². The maximum atomic E-state index is 11.8. The normalized spacial score (nSPS) is 19.8. The Morgan fingerprint density at radius 1 is 1.25 bits per heavy atom. The topological polar surface area (TPSA) is 26.3 Å². The Balaban J connectivity index is 2.58. The second kappa shape index (κ2) is 6.27. The van der Waals surface area contributed by atoms with Crippen LogP contribution in [-0.2, 0) is 9.53 Å². The number of hydrogen-bond acceptors (Lipinski definition) is 2. The number of carbonyl (C=O) groups is 1. The number of ether oxygens (including phenoxy) is 1. The molecule has 94 valence electrons. The van der Waals surface area contributed by atoms with Gasteiger partial charge in [-0.25, -0.2) is 0 Å². The van der Waals surface area contributed by atoms with E-state index in [4.69, 9.17) is 4.74 Å². The van der Waals surface area contributed by atoms with Crippen molar-refractivity contribution in [2.24, 2.45) is 5.92 Å². The molecule has 16 heavy (non-hydrogen) atoms. The Morgan fingerprint density at radius 2 is 1.88 bits per heavy atom. The highest BCUT2D eigenvalue weighted by Gasteiger charge is 2.35. The molecule has 1 saturated carbocycles. The quantitative estimate of drug-likeness (QED) is 0.660. The molecule has 1 aliphatic carbocycles. The lowest BCUT2D eigenvalue weighted by Crippen LogP contribution is -2.38. The first kappa shape index (κ1) is 13.5. The maximum absolute atomic E-state index is 11.8. The van der Waals surface area contributed by atoms with E-state index in [1.165, 1.54) is 32.1 Å². The Morgan fingerprint density at radius 3 is 2.38 bits per heavy atom. The van der Waals surface area contributed by atoms with Gasteiger partial charge in [-0.15, -0.1) is 0 Å². The number of esters is 1. The summed E-state index contributed by atoms with van der Waals surface area (Å²) in [4.78, 5) is 11.8. The molecular formula is C14H26O2. The van der Waals surface area contributed by atoms with Crippen LogP contribution >= 0.6 is 0 Å². The summed E-state index contributed by atoms with van der Waals surface area (Å²) in [7, 11) is 0. The lowest BCUT2D eigenvalue weighted by molar-refractivity contribution is -0.168. The third-order valence-electron chi connectivity index (χ3n) is 3.54. The molecule has 1 rings (SSSR count). The van der Waals surface area contributed by atoms with Crippen LogP contribution in [0.25, 0.3) is 0 Å². The summed E-state index contributed by atoms with van der Waals surface area (Å²) >= 11 is 0. The molecule has 2 nitrogen and oxygen atoms in total. The highest BCUT2D eigenvalue weighted by Crippen LogP contribution is 2.36. The Kier molecular flexibility index (Phi) is 5.30. The molecule has 0 heterocycles. The van der Waals surface area contributed by atoms with Crippen LogP contribution in [-0.4, -0.2) is 11.6 Å². The van der Waals surface area contributed by atoms with Gasteiger partial charge >= 0.3 is 5.97 Å². The summed E-state index contributed by atoms with van der Waals surface area (Å²) < 4.78 is 5.80. The van der Waals surface area contributed by atoms with Gasteiger partial charge in [0.2, 0.25) is 0 Å². The summed E-state index contributed by atoms with van der Waals surface area (Å²) in [6, 6.07) is 0. The molecule has 0 saturated heterocycles. The van der Waals surface area contributed by atoms with Gasteiger partial charge in [-0.2, -0.15) is 0 Å². The minimum atomic E-state index is -0.115. The van der Waals surface area contributed by atoms with Gasteiger partial charge in [0, 0.05) is 0 Å². The summed E-state index contributed by atoms with van der Waals surface area (Å²) in [6.45, 7) is 6.03. The van der Waals surface area contributed by atoms with Gasteiger partial charge in [0.05, 0.1) is 5.92 Å². The average Bonchev–Trinajstić information content (AvgIpc) is 2.27. The highest BCUT2D eigenvalue weighted by molar-refractivity contribution is 5.72. The standard InChI is InChI=1S/C14H26O2/c1-4-5-9-14(10-7-6-8-11-14)16-13(15)12(2)3/h12H,4-11H2,1-3H3. The monoisotopic (exact) mass is 226 g/mol. The molecular weight excluding hydrogens is 200 g/mol. The molecule has 0 atom stereocenters. The van der Waals surface area contributed by atoms with Crippen molar-refractivity contribution in [2.75, 3.05) is 0 Å². The molecule has 0 N–H and O–H groups in total. The van der Waals surface area contributed by atoms with Gasteiger partial charge in [-0.05, 0) is 38.5 Å². The fourth-order valence-electron chi connectivity index (χ4n) is 2.43.